The molecule has 0 saturated heterocycles. The van der Waals surface area contributed by atoms with E-state index in [1.54, 1.807) is 18.0 Å². The third kappa shape index (κ3) is 2.26. The first kappa shape index (κ1) is 10.8. The molecule has 0 aliphatic carbocycles. The average molecular weight is 223 g/mol. The molecule has 0 saturated carbocycles. The number of aromatic nitrogens is 4. The minimum atomic E-state index is 0.241. The Labute approximate surface area is 92.2 Å². The smallest absolute Gasteiger partial charge is 0.240 e. The molecule has 2 aromatic rings. The molecule has 2 N–H and O–H groups in total. The normalized spacial score (nSPS) is 10.9. The second-order valence-electron chi connectivity index (χ2n) is 3.20. The van der Waals surface area contributed by atoms with Gasteiger partial charge in [-0.15, -0.1) is 0 Å². The first-order valence-electron chi connectivity index (χ1n) is 4.88. The zero-order valence-corrected chi connectivity index (χ0v) is 8.96. The number of nitrogens with two attached hydrogens (primary N) is 1. The van der Waals surface area contributed by atoms with Crippen molar-refractivity contribution in [3.05, 3.63) is 18.3 Å². The van der Waals surface area contributed by atoms with Crippen LogP contribution in [0.4, 0.5) is 0 Å². The maximum Gasteiger partial charge on any atom is 0.240 e. The predicted octanol–water partition coefficient (Wildman–Crippen LogP) is 0.0382. The maximum absolute atomic E-state index is 5.38. The fourth-order valence-corrected chi connectivity index (χ4v) is 1.24. The molecule has 0 aliphatic heterocycles. The summed E-state index contributed by atoms with van der Waals surface area (Å²) in [6, 6.07) is 0. The lowest BCUT2D eigenvalue weighted by molar-refractivity contribution is 0.183. The molecule has 86 valence electrons. The zero-order chi connectivity index (χ0) is 11.4. The van der Waals surface area contributed by atoms with E-state index >= 15 is 0 Å². The molecule has 7 heteroatoms. The van der Waals surface area contributed by atoms with Crippen LogP contribution in [0.15, 0.2) is 16.9 Å². The average Bonchev–Trinajstić information content (AvgIpc) is 2.94. The second kappa shape index (κ2) is 4.86. The van der Waals surface area contributed by atoms with Gasteiger partial charge in [-0.25, -0.2) is 0 Å². The molecule has 0 bridgehead atoms. The van der Waals surface area contributed by atoms with Crippen LogP contribution in [0.1, 0.15) is 5.89 Å². The number of ether oxygens (including phenoxy) is 1. The van der Waals surface area contributed by atoms with Gasteiger partial charge in [0.25, 0.3) is 0 Å². The second-order valence-corrected chi connectivity index (χ2v) is 3.20. The number of nitrogens with zero attached hydrogens (tertiary/aromatic N) is 4. The van der Waals surface area contributed by atoms with Crippen LogP contribution in [0, 0.1) is 0 Å². The molecule has 0 radical (unpaired) electrons. The minimum absolute atomic E-state index is 0.241. The highest BCUT2D eigenvalue weighted by Crippen LogP contribution is 2.14. The monoisotopic (exact) mass is 223 g/mol. The number of hydrogen-bond donors (Lipinski definition) is 1. The fraction of sp³-hybridized carbons (Fsp3) is 0.444. The van der Waals surface area contributed by atoms with E-state index in [0.29, 0.717) is 24.9 Å². The molecule has 0 aromatic carbocycles. The summed E-state index contributed by atoms with van der Waals surface area (Å²) >= 11 is 0. The van der Waals surface area contributed by atoms with Crippen molar-refractivity contribution in [3.8, 4) is 11.4 Å². The lowest BCUT2D eigenvalue weighted by atomic mass is 10.3. The number of rotatable bonds is 5. The van der Waals surface area contributed by atoms with E-state index < -0.39 is 0 Å². The Morgan fingerprint density at radius 2 is 2.44 bits per heavy atom. The van der Waals surface area contributed by atoms with E-state index in [9.17, 15) is 0 Å². The van der Waals surface area contributed by atoms with Gasteiger partial charge in [0, 0.05) is 13.3 Å². The van der Waals surface area contributed by atoms with Crippen LogP contribution in [0.5, 0.6) is 0 Å². The highest BCUT2D eigenvalue weighted by Gasteiger charge is 2.09. The zero-order valence-electron chi connectivity index (χ0n) is 8.96. The summed E-state index contributed by atoms with van der Waals surface area (Å²) in [7, 11) is 1.65. The quantitative estimate of drug-likeness (QED) is 0.769. The standard InChI is InChI=1S/C9H13N5O2/c1-15-3-2-14-6-7(5-11-14)9-12-8(4-10)16-13-9/h5-6H,2-4,10H2,1H3. The number of methoxy groups -OCH3 is 1. The van der Waals surface area contributed by atoms with Crippen molar-refractivity contribution in [2.75, 3.05) is 13.7 Å². The molecule has 7 nitrogen and oxygen atoms in total. The molecule has 0 fully saturated rings. The molecule has 0 amide bonds. The molecule has 2 rings (SSSR count). The van der Waals surface area contributed by atoms with Gasteiger partial charge in [-0.05, 0) is 0 Å². The molecule has 0 aliphatic rings. The summed E-state index contributed by atoms with van der Waals surface area (Å²) in [5, 5.41) is 7.95. The maximum atomic E-state index is 5.38. The summed E-state index contributed by atoms with van der Waals surface area (Å²) in [6.07, 6.45) is 3.52. The molecule has 0 spiro atoms. The Hall–Kier alpha value is -1.73. The van der Waals surface area contributed by atoms with E-state index in [0.717, 1.165) is 5.56 Å². The fourth-order valence-electron chi connectivity index (χ4n) is 1.24. The minimum Gasteiger partial charge on any atom is -0.383 e. The molecule has 0 unspecified atom stereocenters. The summed E-state index contributed by atoms with van der Waals surface area (Å²) in [5.74, 6) is 0.920. The lowest BCUT2D eigenvalue weighted by Crippen LogP contribution is -2.03. The van der Waals surface area contributed by atoms with E-state index in [4.69, 9.17) is 15.0 Å². The van der Waals surface area contributed by atoms with Crippen molar-refractivity contribution in [2.24, 2.45) is 5.73 Å². The molecule has 0 atom stereocenters. The Kier molecular flexibility index (Phi) is 3.28. The predicted molar refractivity (Wildman–Crippen MR) is 55.3 cm³/mol. The van der Waals surface area contributed by atoms with Gasteiger partial charge in [-0.1, -0.05) is 5.16 Å². The molecule has 16 heavy (non-hydrogen) atoms. The Bertz CT molecular complexity index is 450. The Balaban J connectivity index is 2.11. The Morgan fingerprint density at radius 3 is 3.12 bits per heavy atom. The van der Waals surface area contributed by atoms with Gasteiger partial charge in [0.1, 0.15) is 0 Å². The van der Waals surface area contributed by atoms with Crippen molar-refractivity contribution in [2.45, 2.75) is 13.1 Å². The van der Waals surface area contributed by atoms with Crippen LogP contribution in [0.2, 0.25) is 0 Å². The SMILES string of the molecule is COCCn1cc(-c2noc(CN)n2)cn1. The highest BCUT2D eigenvalue weighted by atomic mass is 16.5. The molecule has 2 aromatic heterocycles. The van der Waals surface area contributed by atoms with Crippen LogP contribution in [0.3, 0.4) is 0 Å². The van der Waals surface area contributed by atoms with Gasteiger partial charge in [0.05, 0.1) is 31.5 Å². The van der Waals surface area contributed by atoms with Gasteiger partial charge in [0.15, 0.2) is 0 Å². The van der Waals surface area contributed by atoms with Crippen LogP contribution in [-0.2, 0) is 17.8 Å². The molecular weight excluding hydrogens is 210 g/mol. The van der Waals surface area contributed by atoms with Crippen molar-refractivity contribution in [3.63, 3.8) is 0 Å². The molecular formula is C9H13N5O2. The van der Waals surface area contributed by atoms with E-state index in [1.807, 2.05) is 6.20 Å². The van der Waals surface area contributed by atoms with Gasteiger partial charge in [-0.3, -0.25) is 4.68 Å². The summed E-state index contributed by atoms with van der Waals surface area (Å²) in [5.41, 5.74) is 6.18. The summed E-state index contributed by atoms with van der Waals surface area (Å²) < 4.78 is 11.6. The van der Waals surface area contributed by atoms with Crippen molar-refractivity contribution in [1.29, 1.82) is 0 Å². The van der Waals surface area contributed by atoms with Crippen LogP contribution >= 0.6 is 0 Å². The van der Waals surface area contributed by atoms with Crippen molar-refractivity contribution in [1.82, 2.24) is 19.9 Å². The first-order valence-corrected chi connectivity index (χ1v) is 4.88. The molecule has 2 heterocycles. The van der Waals surface area contributed by atoms with Crippen molar-refractivity contribution >= 4 is 0 Å². The van der Waals surface area contributed by atoms with Gasteiger partial charge in [-0.2, -0.15) is 10.1 Å². The van der Waals surface area contributed by atoms with Gasteiger partial charge >= 0.3 is 0 Å². The van der Waals surface area contributed by atoms with Gasteiger partial charge < -0.3 is 15.0 Å². The topological polar surface area (TPSA) is 92.0 Å². The largest absolute Gasteiger partial charge is 0.383 e. The Morgan fingerprint density at radius 1 is 1.56 bits per heavy atom. The summed E-state index contributed by atoms with van der Waals surface area (Å²) in [4.78, 5) is 4.11. The third-order valence-corrected chi connectivity index (χ3v) is 2.06. The first-order chi connectivity index (χ1) is 7.83. The van der Waals surface area contributed by atoms with E-state index in [1.165, 1.54) is 0 Å². The van der Waals surface area contributed by atoms with Crippen LogP contribution in [-0.4, -0.2) is 33.6 Å². The lowest BCUT2D eigenvalue weighted by Gasteiger charge is -1.97. The number of hydrogen-bond acceptors (Lipinski definition) is 6. The van der Waals surface area contributed by atoms with Crippen LogP contribution in [0.25, 0.3) is 11.4 Å². The van der Waals surface area contributed by atoms with Crippen LogP contribution < -0.4 is 5.73 Å². The van der Waals surface area contributed by atoms with Gasteiger partial charge in [0.2, 0.25) is 11.7 Å². The third-order valence-electron chi connectivity index (χ3n) is 2.06. The van der Waals surface area contributed by atoms with E-state index in [2.05, 4.69) is 15.2 Å². The van der Waals surface area contributed by atoms with E-state index in [-0.39, 0.29) is 6.54 Å². The summed E-state index contributed by atoms with van der Waals surface area (Å²) in [6.45, 7) is 1.55. The van der Waals surface area contributed by atoms with Crippen molar-refractivity contribution < 1.29 is 9.26 Å². The highest BCUT2D eigenvalue weighted by molar-refractivity contribution is 5.50.